The van der Waals surface area contributed by atoms with Gasteiger partial charge in [-0.25, -0.2) is 9.97 Å². The van der Waals surface area contributed by atoms with E-state index in [9.17, 15) is 5.11 Å². The number of anilines is 2. The Morgan fingerprint density at radius 1 is 1.14 bits per heavy atom. The Bertz CT molecular complexity index is 475. The molecular formula is C16H26N4O. The van der Waals surface area contributed by atoms with Crippen LogP contribution in [0.25, 0.3) is 0 Å². The van der Waals surface area contributed by atoms with Crippen LogP contribution in [0.4, 0.5) is 11.6 Å². The maximum Gasteiger partial charge on any atom is 0.136 e. The third-order valence-corrected chi connectivity index (χ3v) is 4.37. The number of rotatable bonds is 6. The number of nitrogens with one attached hydrogen (secondary N) is 2. The van der Waals surface area contributed by atoms with E-state index in [1.54, 1.807) is 0 Å². The maximum absolute atomic E-state index is 9.75. The molecule has 1 heterocycles. The van der Waals surface area contributed by atoms with Crippen molar-refractivity contribution in [2.75, 3.05) is 23.7 Å². The van der Waals surface area contributed by atoms with Crippen molar-refractivity contribution in [3.8, 4) is 0 Å². The largest absolute Gasteiger partial charge is 0.393 e. The number of aromatic nitrogens is 2. The maximum atomic E-state index is 9.75. The molecule has 0 amide bonds. The van der Waals surface area contributed by atoms with Crippen molar-refractivity contribution in [3.63, 3.8) is 0 Å². The summed E-state index contributed by atoms with van der Waals surface area (Å²) in [7, 11) is 0. The van der Waals surface area contributed by atoms with Gasteiger partial charge in [-0.2, -0.15) is 0 Å². The van der Waals surface area contributed by atoms with Gasteiger partial charge in [0.25, 0.3) is 0 Å². The minimum absolute atomic E-state index is 0.115. The van der Waals surface area contributed by atoms with Crippen LogP contribution in [0.1, 0.15) is 57.2 Å². The lowest BCUT2D eigenvalue weighted by molar-refractivity contribution is 0.104. The van der Waals surface area contributed by atoms with Gasteiger partial charge in [0.2, 0.25) is 0 Å². The van der Waals surface area contributed by atoms with E-state index >= 15 is 0 Å². The smallest absolute Gasteiger partial charge is 0.136 e. The number of hydrogen-bond acceptors (Lipinski definition) is 5. The van der Waals surface area contributed by atoms with Crippen molar-refractivity contribution in [1.82, 2.24) is 9.97 Å². The molecule has 2 unspecified atom stereocenters. The van der Waals surface area contributed by atoms with Crippen LogP contribution in [0.2, 0.25) is 0 Å². The fourth-order valence-electron chi connectivity index (χ4n) is 3.05. The van der Waals surface area contributed by atoms with E-state index in [0.717, 1.165) is 49.8 Å². The third kappa shape index (κ3) is 4.06. The second kappa shape index (κ2) is 6.60. The van der Waals surface area contributed by atoms with Crippen molar-refractivity contribution >= 4 is 11.6 Å². The highest BCUT2D eigenvalue weighted by Gasteiger charge is 2.27. The van der Waals surface area contributed by atoms with E-state index in [2.05, 4.69) is 27.5 Å². The third-order valence-electron chi connectivity index (χ3n) is 4.37. The first-order valence-corrected chi connectivity index (χ1v) is 8.29. The summed E-state index contributed by atoms with van der Waals surface area (Å²) in [5.74, 6) is 3.92. The SMILES string of the molecule is CCNc1cc(NCC2CCCC(O)C2)nc(C2CC2)n1. The lowest BCUT2D eigenvalue weighted by atomic mass is 9.87. The molecule has 5 nitrogen and oxygen atoms in total. The molecular weight excluding hydrogens is 264 g/mol. The Balaban J connectivity index is 1.63. The molecule has 2 aliphatic rings. The predicted octanol–water partition coefficient (Wildman–Crippen LogP) is 2.75. The zero-order valence-corrected chi connectivity index (χ0v) is 12.8. The summed E-state index contributed by atoms with van der Waals surface area (Å²) in [5, 5.41) is 16.5. The molecule has 2 atom stereocenters. The first kappa shape index (κ1) is 14.6. The van der Waals surface area contributed by atoms with E-state index in [0.29, 0.717) is 11.8 Å². The average molecular weight is 290 g/mol. The molecule has 5 heteroatoms. The molecule has 2 saturated carbocycles. The fraction of sp³-hybridized carbons (Fsp3) is 0.750. The standard InChI is InChI=1S/C16H26N4O/c1-2-17-14-9-15(20-16(19-14)12-6-7-12)18-10-11-4-3-5-13(21)8-11/h9,11-13,21H,2-8,10H2,1H3,(H2,17,18,19,20). The average Bonchev–Trinajstić information content (AvgIpc) is 3.30. The van der Waals surface area contributed by atoms with Crippen LogP contribution in [0, 0.1) is 5.92 Å². The Morgan fingerprint density at radius 3 is 2.57 bits per heavy atom. The lowest BCUT2D eigenvalue weighted by Crippen LogP contribution is -2.25. The monoisotopic (exact) mass is 290 g/mol. The number of hydrogen-bond donors (Lipinski definition) is 3. The van der Waals surface area contributed by atoms with Crippen molar-refractivity contribution in [1.29, 1.82) is 0 Å². The highest BCUT2D eigenvalue weighted by atomic mass is 16.3. The normalized spacial score (nSPS) is 25.6. The second-order valence-corrected chi connectivity index (χ2v) is 6.37. The highest BCUT2D eigenvalue weighted by Crippen LogP contribution is 2.38. The Kier molecular flexibility index (Phi) is 4.58. The number of nitrogens with zero attached hydrogens (tertiary/aromatic N) is 2. The minimum atomic E-state index is -0.115. The van der Waals surface area contributed by atoms with Crippen molar-refractivity contribution < 1.29 is 5.11 Å². The zero-order chi connectivity index (χ0) is 14.7. The quantitative estimate of drug-likeness (QED) is 0.751. The van der Waals surface area contributed by atoms with Gasteiger partial charge in [-0.15, -0.1) is 0 Å². The molecule has 0 aromatic carbocycles. The molecule has 3 rings (SSSR count). The Hall–Kier alpha value is -1.36. The van der Waals surface area contributed by atoms with Gasteiger partial charge in [0.1, 0.15) is 17.5 Å². The Morgan fingerprint density at radius 2 is 1.90 bits per heavy atom. The van der Waals surface area contributed by atoms with Crippen LogP contribution in [0.5, 0.6) is 0 Å². The first-order chi connectivity index (χ1) is 10.2. The summed E-state index contributed by atoms with van der Waals surface area (Å²) < 4.78 is 0. The van der Waals surface area contributed by atoms with Crippen LogP contribution >= 0.6 is 0 Å². The molecule has 2 fully saturated rings. The van der Waals surface area contributed by atoms with Gasteiger partial charge in [-0.3, -0.25) is 0 Å². The summed E-state index contributed by atoms with van der Waals surface area (Å²) in [6.07, 6.45) is 6.51. The summed E-state index contributed by atoms with van der Waals surface area (Å²) in [6.45, 7) is 3.84. The Labute approximate surface area is 126 Å². The molecule has 3 N–H and O–H groups in total. The highest BCUT2D eigenvalue weighted by molar-refractivity contribution is 5.48. The lowest BCUT2D eigenvalue weighted by Gasteiger charge is -2.26. The van der Waals surface area contributed by atoms with Crippen LogP contribution in [-0.2, 0) is 0 Å². The summed E-state index contributed by atoms with van der Waals surface area (Å²) in [6, 6.07) is 1.99. The summed E-state index contributed by atoms with van der Waals surface area (Å²) in [4.78, 5) is 9.25. The molecule has 0 radical (unpaired) electrons. The molecule has 0 spiro atoms. The van der Waals surface area contributed by atoms with Crippen LogP contribution in [-0.4, -0.2) is 34.3 Å². The van der Waals surface area contributed by atoms with Gasteiger partial charge in [-0.05, 0) is 44.9 Å². The van der Waals surface area contributed by atoms with Crippen LogP contribution in [0.3, 0.4) is 0 Å². The fourth-order valence-corrected chi connectivity index (χ4v) is 3.05. The molecule has 0 aliphatic heterocycles. The van der Waals surface area contributed by atoms with Crippen molar-refractivity contribution in [2.45, 2.75) is 57.5 Å². The van der Waals surface area contributed by atoms with E-state index in [-0.39, 0.29) is 6.10 Å². The second-order valence-electron chi connectivity index (χ2n) is 6.37. The molecule has 1 aromatic heterocycles. The summed E-state index contributed by atoms with van der Waals surface area (Å²) in [5.41, 5.74) is 0. The molecule has 0 bridgehead atoms. The molecule has 0 saturated heterocycles. The van der Waals surface area contributed by atoms with Gasteiger partial charge < -0.3 is 15.7 Å². The van der Waals surface area contributed by atoms with Crippen LogP contribution in [0.15, 0.2) is 6.07 Å². The topological polar surface area (TPSA) is 70.1 Å². The van der Waals surface area contributed by atoms with E-state index in [1.807, 2.05) is 6.07 Å². The molecule has 21 heavy (non-hydrogen) atoms. The van der Waals surface area contributed by atoms with Gasteiger partial charge in [0.05, 0.1) is 6.10 Å². The van der Waals surface area contributed by atoms with Crippen molar-refractivity contribution in [2.24, 2.45) is 5.92 Å². The molecule has 1 aromatic rings. The molecule has 116 valence electrons. The predicted molar refractivity (Wildman–Crippen MR) is 84.6 cm³/mol. The van der Waals surface area contributed by atoms with E-state index < -0.39 is 0 Å². The van der Waals surface area contributed by atoms with Gasteiger partial charge >= 0.3 is 0 Å². The van der Waals surface area contributed by atoms with E-state index in [4.69, 9.17) is 0 Å². The zero-order valence-electron chi connectivity index (χ0n) is 12.8. The first-order valence-electron chi connectivity index (χ1n) is 8.29. The van der Waals surface area contributed by atoms with Gasteiger partial charge in [0.15, 0.2) is 0 Å². The van der Waals surface area contributed by atoms with E-state index in [1.165, 1.54) is 19.3 Å². The minimum Gasteiger partial charge on any atom is -0.393 e. The van der Waals surface area contributed by atoms with Gasteiger partial charge in [0, 0.05) is 25.1 Å². The van der Waals surface area contributed by atoms with Crippen molar-refractivity contribution in [3.05, 3.63) is 11.9 Å². The number of aliphatic hydroxyl groups is 1. The van der Waals surface area contributed by atoms with Gasteiger partial charge in [-0.1, -0.05) is 6.42 Å². The molecule has 2 aliphatic carbocycles. The number of aliphatic hydroxyl groups excluding tert-OH is 1. The summed E-state index contributed by atoms with van der Waals surface area (Å²) >= 11 is 0. The van der Waals surface area contributed by atoms with Crippen LogP contribution < -0.4 is 10.6 Å².